The Kier molecular flexibility index (Phi) is 4.54. The van der Waals surface area contributed by atoms with Crippen LogP contribution in [0.1, 0.15) is 39.0 Å². The van der Waals surface area contributed by atoms with E-state index in [1.54, 1.807) is 7.11 Å². The van der Waals surface area contributed by atoms with E-state index in [1.165, 1.54) is 12.8 Å². The number of hydrogen-bond donors (Lipinski definition) is 2. The van der Waals surface area contributed by atoms with E-state index in [1.807, 2.05) is 6.92 Å². The molecule has 0 radical (unpaired) electrons. The molecule has 15 heavy (non-hydrogen) atoms. The third kappa shape index (κ3) is 2.92. The highest BCUT2D eigenvalue weighted by molar-refractivity contribution is 5.79. The molecule has 2 N–H and O–H groups in total. The van der Waals surface area contributed by atoms with Gasteiger partial charge < -0.3 is 9.84 Å². The number of nitrogens with one attached hydrogen (secondary N) is 1. The Hall–Kier alpha value is -0.610. The Morgan fingerprint density at radius 1 is 1.53 bits per heavy atom. The first-order chi connectivity index (χ1) is 7.14. The molecule has 0 aromatic carbocycles. The molecule has 1 saturated carbocycles. The predicted octanol–water partition coefficient (Wildman–Crippen LogP) is 1.40. The third-order valence-electron chi connectivity index (χ3n) is 3.24. The van der Waals surface area contributed by atoms with Gasteiger partial charge in [-0.05, 0) is 19.3 Å². The Morgan fingerprint density at radius 3 is 2.53 bits per heavy atom. The van der Waals surface area contributed by atoms with Crippen LogP contribution >= 0.6 is 0 Å². The van der Waals surface area contributed by atoms with Gasteiger partial charge in [0.05, 0.1) is 6.61 Å². The molecule has 88 valence electrons. The number of methoxy groups -OCH3 is 1. The highest BCUT2D eigenvalue weighted by atomic mass is 16.5. The molecule has 4 nitrogen and oxygen atoms in total. The van der Waals surface area contributed by atoms with Crippen molar-refractivity contribution in [2.45, 2.75) is 50.6 Å². The fourth-order valence-corrected chi connectivity index (χ4v) is 2.23. The Morgan fingerprint density at radius 2 is 2.13 bits per heavy atom. The van der Waals surface area contributed by atoms with E-state index in [4.69, 9.17) is 4.74 Å². The number of carboxylic acid groups (broad SMARTS) is 1. The lowest BCUT2D eigenvalue weighted by atomic mass is 9.95. The Bertz CT molecular complexity index is 214. The average molecular weight is 215 g/mol. The minimum Gasteiger partial charge on any atom is -0.480 e. The zero-order valence-electron chi connectivity index (χ0n) is 9.58. The van der Waals surface area contributed by atoms with Crippen LogP contribution < -0.4 is 5.32 Å². The average Bonchev–Trinajstić information content (AvgIpc) is 2.69. The van der Waals surface area contributed by atoms with Gasteiger partial charge in [0.1, 0.15) is 5.54 Å². The van der Waals surface area contributed by atoms with Gasteiger partial charge in [-0.3, -0.25) is 10.1 Å². The van der Waals surface area contributed by atoms with E-state index in [2.05, 4.69) is 5.32 Å². The maximum atomic E-state index is 11.3. The van der Waals surface area contributed by atoms with Crippen LogP contribution in [0, 0.1) is 0 Å². The summed E-state index contributed by atoms with van der Waals surface area (Å²) < 4.78 is 5.03. The zero-order valence-corrected chi connectivity index (χ0v) is 9.58. The summed E-state index contributed by atoms with van der Waals surface area (Å²) in [5.74, 6) is -0.807. The lowest BCUT2D eigenvalue weighted by molar-refractivity contribution is -0.148. The summed E-state index contributed by atoms with van der Waals surface area (Å²) in [6.07, 6.45) is 5.11. The summed E-state index contributed by atoms with van der Waals surface area (Å²) in [5, 5.41) is 12.5. The van der Waals surface area contributed by atoms with Crippen molar-refractivity contribution >= 4 is 5.97 Å². The molecule has 0 aliphatic heterocycles. The number of aliphatic carboxylic acids is 1. The first-order valence-corrected chi connectivity index (χ1v) is 5.64. The highest BCUT2D eigenvalue weighted by Crippen LogP contribution is 2.22. The van der Waals surface area contributed by atoms with Crippen molar-refractivity contribution < 1.29 is 14.6 Å². The number of carboxylic acids is 1. The normalized spacial score (nSPS) is 21.5. The van der Waals surface area contributed by atoms with Gasteiger partial charge in [0.25, 0.3) is 0 Å². The molecule has 1 aliphatic rings. The lowest BCUT2D eigenvalue weighted by Gasteiger charge is -2.31. The largest absolute Gasteiger partial charge is 0.480 e. The van der Waals surface area contributed by atoms with E-state index in [0.717, 1.165) is 12.8 Å². The van der Waals surface area contributed by atoms with E-state index in [0.29, 0.717) is 12.5 Å². The summed E-state index contributed by atoms with van der Waals surface area (Å²) in [7, 11) is 1.55. The fraction of sp³-hybridized carbons (Fsp3) is 0.909. The maximum absolute atomic E-state index is 11.3. The standard InChI is InChI=1S/C11H21NO3/c1-3-11(8-15-2,10(13)14)12-9-6-4-5-7-9/h9,12H,3-8H2,1-2H3,(H,13,14). The van der Waals surface area contributed by atoms with Crippen molar-refractivity contribution in [3.63, 3.8) is 0 Å². The summed E-state index contributed by atoms with van der Waals surface area (Å²) >= 11 is 0. The molecule has 0 aromatic heterocycles. The fourth-order valence-electron chi connectivity index (χ4n) is 2.23. The molecule has 0 saturated heterocycles. The van der Waals surface area contributed by atoms with Gasteiger partial charge in [-0.25, -0.2) is 0 Å². The predicted molar refractivity (Wildman–Crippen MR) is 57.9 cm³/mol. The van der Waals surface area contributed by atoms with Crippen molar-refractivity contribution in [2.24, 2.45) is 0 Å². The minimum atomic E-state index is -0.899. The van der Waals surface area contributed by atoms with Crippen molar-refractivity contribution in [1.82, 2.24) is 5.32 Å². The Balaban J connectivity index is 2.64. The maximum Gasteiger partial charge on any atom is 0.326 e. The first kappa shape index (κ1) is 12.5. The Labute approximate surface area is 91.0 Å². The second-order valence-electron chi connectivity index (χ2n) is 4.30. The van der Waals surface area contributed by atoms with Gasteiger partial charge >= 0.3 is 5.97 Å². The summed E-state index contributed by atoms with van der Waals surface area (Å²) in [6.45, 7) is 2.12. The van der Waals surface area contributed by atoms with Crippen LogP contribution in [0.2, 0.25) is 0 Å². The number of ether oxygens (including phenoxy) is 1. The molecule has 0 amide bonds. The number of rotatable bonds is 6. The van der Waals surface area contributed by atoms with Gasteiger partial charge in [0.2, 0.25) is 0 Å². The van der Waals surface area contributed by atoms with Crippen molar-refractivity contribution in [1.29, 1.82) is 0 Å². The molecule has 4 heteroatoms. The van der Waals surface area contributed by atoms with Crippen LogP contribution in [0.25, 0.3) is 0 Å². The summed E-state index contributed by atoms with van der Waals surface area (Å²) in [4.78, 5) is 11.3. The molecule has 1 rings (SSSR count). The van der Waals surface area contributed by atoms with Crippen LogP contribution in [0.4, 0.5) is 0 Å². The van der Waals surface area contributed by atoms with Crippen molar-refractivity contribution in [2.75, 3.05) is 13.7 Å². The molecule has 1 aliphatic carbocycles. The van der Waals surface area contributed by atoms with E-state index >= 15 is 0 Å². The van der Waals surface area contributed by atoms with Gasteiger partial charge in [0.15, 0.2) is 0 Å². The van der Waals surface area contributed by atoms with E-state index in [9.17, 15) is 9.90 Å². The van der Waals surface area contributed by atoms with Crippen molar-refractivity contribution in [3.8, 4) is 0 Å². The van der Waals surface area contributed by atoms with E-state index < -0.39 is 11.5 Å². The van der Waals surface area contributed by atoms with Crippen LogP contribution in [0.3, 0.4) is 0 Å². The summed E-state index contributed by atoms with van der Waals surface area (Å²) in [6, 6.07) is 0.344. The number of carbonyl (C=O) groups is 1. The monoisotopic (exact) mass is 215 g/mol. The molecule has 1 fully saturated rings. The molecular weight excluding hydrogens is 194 g/mol. The van der Waals surface area contributed by atoms with Gasteiger partial charge in [-0.15, -0.1) is 0 Å². The molecule has 0 aromatic rings. The second kappa shape index (κ2) is 5.47. The highest BCUT2D eigenvalue weighted by Gasteiger charge is 2.39. The van der Waals surface area contributed by atoms with Gasteiger partial charge in [-0.2, -0.15) is 0 Å². The van der Waals surface area contributed by atoms with Crippen LogP contribution in [0.15, 0.2) is 0 Å². The van der Waals surface area contributed by atoms with Crippen LogP contribution in [-0.4, -0.2) is 36.4 Å². The quantitative estimate of drug-likeness (QED) is 0.703. The molecule has 0 bridgehead atoms. The minimum absolute atomic E-state index is 0.231. The topological polar surface area (TPSA) is 58.6 Å². The smallest absolute Gasteiger partial charge is 0.326 e. The third-order valence-corrected chi connectivity index (χ3v) is 3.24. The SMILES string of the molecule is CCC(COC)(NC1CCCC1)C(=O)O. The summed E-state index contributed by atoms with van der Waals surface area (Å²) in [5.41, 5.74) is -0.899. The molecule has 0 spiro atoms. The van der Waals surface area contributed by atoms with Crippen LogP contribution in [0.5, 0.6) is 0 Å². The lowest BCUT2D eigenvalue weighted by Crippen LogP contribution is -2.58. The molecule has 1 atom stereocenters. The molecule has 1 unspecified atom stereocenters. The molecule has 0 heterocycles. The van der Waals surface area contributed by atoms with Crippen molar-refractivity contribution in [3.05, 3.63) is 0 Å². The second-order valence-corrected chi connectivity index (χ2v) is 4.30. The molecular formula is C11H21NO3. The van der Waals surface area contributed by atoms with Gasteiger partial charge in [-0.1, -0.05) is 19.8 Å². The van der Waals surface area contributed by atoms with Gasteiger partial charge in [0, 0.05) is 13.2 Å². The van der Waals surface area contributed by atoms with E-state index in [-0.39, 0.29) is 6.61 Å². The zero-order chi connectivity index (χ0) is 11.3. The van der Waals surface area contributed by atoms with Crippen LogP contribution in [-0.2, 0) is 9.53 Å². The number of hydrogen-bond acceptors (Lipinski definition) is 3. The first-order valence-electron chi connectivity index (χ1n) is 5.64.